The highest BCUT2D eigenvalue weighted by atomic mass is 35.5. The lowest BCUT2D eigenvalue weighted by molar-refractivity contribution is -0.141. The highest BCUT2D eigenvalue weighted by Gasteiger charge is 2.31. The van der Waals surface area contributed by atoms with E-state index < -0.39 is 16.1 Å². The molecule has 0 aliphatic carbocycles. The van der Waals surface area contributed by atoms with E-state index in [-0.39, 0.29) is 43.8 Å². The summed E-state index contributed by atoms with van der Waals surface area (Å²) in [4.78, 5) is 29.1. The maximum absolute atomic E-state index is 13.9. The van der Waals surface area contributed by atoms with Crippen molar-refractivity contribution in [3.05, 3.63) is 101 Å². The first-order valence-corrected chi connectivity index (χ1v) is 16.1. The van der Waals surface area contributed by atoms with Gasteiger partial charge in [0, 0.05) is 37.0 Å². The lowest BCUT2D eigenvalue weighted by Gasteiger charge is -2.33. The summed E-state index contributed by atoms with van der Waals surface area (Å²) >= 11 is 6.25. The second-order valence-electron chi connectivity index (χ2n) is 10.4. The highest BCUT2D eigenvalue weighted by Crippen LogP contribution is 2.23. The van der Waals surface area contributed by atoms with Crippen LogP contribution in [0.2, 0.25) is 5.02 Å². The molecule has 0 aliphatic heterocycles. The molecule has 0 fully saturated rings. The number of benzene rings is 3. The highest BCUT2D eigenvalue weighted by molar-refractivity contribution is 7.92. The van der Waals surface area contributed by atoms with Gasteiger partial charge in [0.25, 0.3) is 0 Å². The first-order valence-electron chi connectivity index (χ1n) is 13.9. The lowest BCUT2D eigenvalue weighted by Crippen LogP contribution is -2.52. The first-order chi connectivity index (χ1) is 19.5. The van der Waals surface area contributed by atoms with Crippen molar-refractivity contribution in [1.82, 2.24) is 10.2 Å². The summed E-state index contributed by atoms with van der Waals surface area (Å²) in [6.45, 7) is 6.12. The van der Waals surface area contributed by atoms with Crippen LogP contribution in [0.5, 0.6) is 0 Å². The van der Waals surface area contributed by atoms with Gasteiger partial charge in [-0.2, -0.15) is 0 Å². The van der Waals surface area contributed by atoms with Gasteiger partial charge in [-0.3, -0.25) is 13.9 Å². The standard InChI is InChI=1S/C32H40ClN3O4S/c1-5-25(3)34-32(38)30(22-26-14-7-6-8-15-26)35(23-27-16-11-17-28(33)21-27)31(37)19-12-20-36(41(4,39)40)29-18-10-9-13-24(29)2/h6-11,13-18,21,25,30H,5,12,19-20,22-23H2,1-4H3,(H,34,38)/t25-,30-/m0/s1. The van der Waals surface area contributed by atoms with Gasteiger partial charge in [-0.1, -0.05) is 79.2 Å². The summed E-state index contributed by atoms with van der Waals surface area (Å²) in [5.74, 6) is -0.459. The molecule has 0 saturated heterocycles. The molecule has 0 heterocycles. The lowest BCUT2D eigenvalue weighted by atomic mass is 10.0. The fraction of sp³-hybridized carbons (Fsp3) is 0.375. The van der Waals surface area contributed by atoms with E-state index >= 15 is 0 Å². The van der Waals surface area contributed by atoms with Crippen LogP contribution in [0.4, 0.5) is 5.69 Å². The van der Waals surface area contributed by atoms with Crippen molar-refractivity contribution in [2.45, 2.75) is 65.1 Å². The Morgan fingerprint density at radius 3 is 2.24 bits per heavy atom. The van der Waals surface area contributed by atoms with Crippen molar-refractivity contribution in [3.8, 4) is 0 Å². The summed E-state index contributed by atoms with van der Waals surface area (Å²) in [7, 11) is -3.57. The number of halogens is 1. The molecule has 0 aliphatic rings. The molecule has 41 heavy (non-hydrogen) atoms. The number of amides is 2. The number of hydrogen-bond acceptors (Lipinski definition) is 4. The molecule has 7 nitrogen and oxygen atoms in total. The predicted octanol–water partition coefficient (Wildman–Crippen LogP) is 5.75. The Morgan fingerprint density at radius 1 is 0.951 bits per heavy atom. The molecule has 0 radical (unpaired) electrons. The molecule has 0 bridgehead atoms. The number of rotatable bonds is 14. The van der Waals surface area contributed by atoms with Crippen LogP contribution in [0.25, 0.3) is 0 Å². The molecule has 220 valence electrons. The van der Waals surface area contributed by atoms with Gasteiger partial charge in [-0.05, 0) is 61.6 Å². The minimum atomic E-state index is -3.57. The number of nitrogens with zero attached hydrogens (tertiary/aromatic N) is 2. The molecular weight excluding hydrogens is 558 g/mol. The molecule has 0 aromatic heterocycles. The molecular formula is C32H40ClN3O4S. The Hall–Kier alpha value is -3.36. The zero-order chi connectivity index (χ0) is 30.0. The van der Waals surface area contributed by atoms with Crippen molar-refractivity contribution in [3.63, 3.8) is 0 Å². The number of nitrogens with one attached hydrogen (secondary N) is 1. The normalized spacial score (nSPS) is 12.8. The average Bonchev–Trinajstić information content (AvgIpc) is 2.93. The van der Waals surface area contributed by atoms with Crippen LogP contribution in [-0.4, -0.2) is 50.0 Å². The third-order valence-corrected chi connectivity index (χ3v) is 8.47. The van der Waals surface area contributed by atoms with E-state index in [0.29, 0.717) is 17.1 Å². The SMILES string of the molecule is CC[C@H](C)NC(=O)[C@H](Cc1ccccc1)N(Cc1cccc(Cl)c1)C(=O)CCCN(c1ccccc1C)S(C)(=O)=O. The fourth-order valence-electron chi connectivity index (χ4n) is 4.65. The molecule has 3 aromatic rings. The van der Waals surface area contributed by atoms with Crippen LogP contribution in [-0.2, 0) is 32.6 Å². The van der Waals surface area contributed by atoms with Crippen LogP contribution in [0.15, 0.2) is 78.9 Å². The minimum Gasteiger partial charge on any atom is -0.352 e. The van der Waals surface area contributed by atoms with Crippen molar-refractivity contribution in [2.75, 3.05) is 17.1 Å². The third-order valence-electron chi connectivity index (χ3n) is 7.05. The summed E-state index contributed by atoms with van der Waals surface area (Å²) in [5, 5.41) is 3.60. The number of anilines is 1. The van der Waals surface area contributed by atoms with E-state index in [1.54, 1.807) is 29.2 Å². The van der Waals surface area contributed by atoms with Gasteiger partial charge in [0.2, 0.25) is 21.8 Å². The molecule has 2 amide bonds. The van der Waals surface area contributed by atoms with Crippen molar-refractivity contribution >= 4 is 39.1 Å². The molecule has 0 saturated carbocycles. The molecule has 2 atom stereocenters. The number of para-hydroxylation sites is 1. The van der Waals surface area contributed by atoms with Crippen LogP contribution in [0.1, 0.15) is 49.8 Å². The minimum absolute atomic E-state index is 0.0543. The predicted molar refractivity (Wildman–Crippen MR) is 166 cm³/mol. The van der Waals surface area contributed by atoms with Crippen LogP contribution in [0.3, 0.4) is 0 Å². The smallest absolute Gasteiger partial charge is 0.243 e. The van der Waals surface area contributed by atoms with Gasteiger partial charge in [-0.25, -0.2) is 8.42 Å². The van der Waals surface area contributed by atoms with Gasteiger partial charge >= 0.3 is 0 Å². The third kappa shape index (κ3) is 9.61. The summed E-state index contributed by atoms with van der Waals surface area (Å²) in [6, 6.07) is 23.3. The average molecular weight is 598 g/mol. The fourth-order valence-corrected chi connectivity index (χ4v) is 5.89. The second-order valence-corrected chi connectivity index (χ2v) is 12.7. The van der Waals surface area contributed by atoms with E-state index in [1.807, 2.05) is 75.4 Å². The Labute approximate surface area is 249 Å². The number of carbonyl (C=O) groups is 2. The van der Waals surface area contributed by atoms with E-state index in [1.165, 1.54) is 10.6 Å². The van der Waals surface area contributed by atoms with Crippen LogP contribution >= 0.6 is 11.6 Å². The van der Waals surface area contributed by atoms with Gasteiger partial charge in [0.05, 0.1) is 11.9 Å². The van der Waals surface area contributed by atoms with Crippen LogP contribution in [0, 0.1) is 6.92 Å². The molecule has 0 unspecified atom stereocenters. The molecule has 3 aromatic carbocycles. The van der Waals surface area contributed by atoms with Gasteiger partial charge in [-0.15, -0.1) is 0 Å². The van der Waals surface area contributed by atoms with Crippen molar-refractivity contribution in [1.29, 1.82) is 0 Å². The van der Waals surface area contributed by atoms with Crippen molar-refractivity contribution < 1.29 is 18.0 Å². The zero-order valence-corrected chi connectivity index (χ0v) is 25.8. The molecule has 1 N–H and O–H groups in total. The topological polar surface area (TPSA) is 86.8 Å². The van der Waals surface area contributed by atoms with E-state index in [0.717, 1.165) is 23.1 Å². The molecule has 3 rings (SSSR count). The first kappa shape index (κ1) is 32.2. The van der Waals surface area contributed by atoms with E-state index in [4.69, 9.17) is 11.6 Å². The van der Waals surface area contributed by atoms with E-state index in [2.05, 4.69) is 5.32 Å². The summed E-state index contributed by atoms with van der Waals surface area (Å²) < 4.78 is 26.7. The van der Waals surface area contributed by atoms with E-state index in [9.17, 15) is 18.0 Å². The van der Waals surface area contributed by atoms with Gasteiger partial charge < -0.3 is 10.2 Å². The monoisotopic (exact) mass is 597 g/mol. The summed E-state index contributed by atoms with van der Waals surface area (Å²) in [6.07, 6.45) is 2.62. The quantitative estimate of drug-likeness (QED) is 0.256. The second kappa shape index (κ2) is 15.0. The van der Waals surface area contributed by atoms with Gasteiger partial charge in [0.1, 0.15) is 6.04 Å². The molecule has 0 spiro atoms. The Morgan fingerprint density at radius 2 is 1.61 bits per heavy atom. The van der Waals surface area contributed by atoms with Crippen LogP contribution < -0.4 is 9.62 Å². The largest absolute Gasteiger partial charge is 0.352 e. The Kier molecular flexibility index (Phi) is 11.8. The van der Waals surface area contributed by atoms with Crippen molar-refractivity contribution in [2.24, 2.45) is 0 Å². The summed E-state index contributed by atoms with van der Waals surface area (Å²) in [5.41, 5.74) is 3.16. The van der Waals surface area contributed by atoms with Gasteiger partial charge in [0.15, 0.2) is 0 Å². The zero-order valence-electron chi connectivity index (χ0n) is 24.2. The number of carbonyl (C=O) groups excluding carboxylic acids is 2. The Balaban J connectivity index is 1.90. The number of sulfonamides is 1. The molecule has 9 heteroatoms. The number of aryl methyl sites for hydroxylation is 1. The maximum atomic E-state index is 13.9. The Bertz CT molecular complexity index is 1420. The maximum Gasteiger partial charge on any atom is 0.243 e. The number of hydrogen-bond donors (Lipinski definition) is 1.